The minimum Gasteiger partial charge on any atom is -0.316 e. The number of aryl methyl sites for hydroxylation is 1. The van der Waals surface area contributed by atoms with Crippen LogP contribution < -0.4 is 0 Å². The molecule has 2 aliphatic rings. The van der Waals surface area contributed by atoms with E-state index in [4.69, 9.17) is 4.18 Å². The molecule has 1 aliphatic heterocycles. The highest BCUT2D eigenvalue weighted by Crippen LogP contribution is 2.70. The Hall–Kier alpha value is -0.870. The summed E-state index contributed by atoms with van der Waals surface area (Å²) < 4.78 is 5.80. The molecule has 0 N–H and O–H groups in total. The first-order valence-electron chi connectivity index (χ1n) is 6.57. The van der Waals surface area contributed by atoms with E-state index in [1.165, 1.54) is 12.8 Å². The second-order valence-electron chi connectivity index (χ2n) is 5.32. The van der Waals surface area contributed by atoms with Crippen molar-refractivity contribution in [3.05, 3.63) is 30.6 Å². The van der Waals surface area contributed by atoms with Crippen LogP contribution in [0.4, 0.5) is 0 Å². The Balaban J connectivity index is 1.70. The number of hydrogen-bond donors (Lipinski definition) is 0. The lowest BCUT2D eigenvalue weighted by Gasteiger charge is -2.38. The monoisotopic (exact) mass is 264 g/mol. The summed E-state index contributed by atoms with van der Waals surface area (Å²) in [5, 5.41) is 0.965. The molecule has 1 saturated heterocycles. The predicted octanol–water partition coefficient (Wildman–Crippen LogP) is 3.45. The van der Waals surface area contributed by atoms with Gasteiger partial charge in [-0.2, -0.15) is 0 Å². The number of rotatable bonds is 5. The highest BCUT2D eigenvalue weighted by Gasteiger charge is 2.48. The Morgan fingerprint density at radius 1 is 1.50 bits per heavy atom. The van der Waals surface area contributed by atoms with Crippen LogP contribution in [0.3, 0.4) is 0 Å². The maximum Gasteiger partial charge on any atom is 0.195 e. The average molecular weight is 264 g/mol. The molecule has 0 amide bonds. The molecule has 0 aromatic carbocycles. The first-order chi connectivity index (χ1) is 8.73. The van der Waals surface area contributed by atoms with E-state index in [1.807, 2.05) is 19.2 Å². The van der Waals surface area contributed by atoms with Crippen molar-refractivity contribution in [2.24, 2.45) is 11.8 Å². The van der Waals surface area contributed by atoms with E-state index in [2.05, 4.69) is 22.6 Å². The first kappa shape index (κ1) is 12.2. The topological polar surface area (TPSA) is 38.3 Å². The Kier molecular flexibility index (Phi) is 3.16. The van der Waals surface area contributed by atoms with Crippen molar-refractivity contribution in [2.75, 3.05) is 11.7 Å². The zero-order valence-electron chi connectivity index (χ0n) is 10.8. The van der Waals surface area contributed by atoms with Gasteiger partial charge in [0.2, 0.25) is 0 Å². The minimum atomic E-state index is -1.10. The number of allylic oxidation sites excluding steroid dienone is 1. The van der Waals surface area contributed by atoms with Gasteiger partial charge in [0, 0.05) is 17.6 Å². The quantitative estimate of drug-likeness (QED) is 0.464. The second kappa shape index (κ2) is 4.67. The molecule has 3 unspecified atom stereocenters. The molecule has 3 rings (SSSR count). The van der Waals surface area contributed by atoms with Crippen LogP contribution in [0, 0.1) is 18.8 Å². The summed E-state index contributed by atoms with van der Waals surface area (Å²) in [6.07, 6.45) is 7.74. The summed E-state index contributed by atoms with van der Waals surface area (Å²) in [6.45, 7) is 5.87. The molecule has 1 aromatic heterocycles. The van der Waals surface area contributed by atoms with Gasteiger partial charge in [0.15, 0.2) is 5.16 Å². The standard InChI is InChI=1S/C14H20N2OS/c1-3-4-12-5-6-13(12)9-18(10-17-18)14-15-8-7-11(2)16-14/h3,7-8,12-13H,1,4-6,9-10H2,2H3. The normalized spacial score (nSPS) is 37.4. The number of nitrogens with zero attached hydrogens (tertiary/aromatic N) is 2. The summed E-state index contributed by atoms with van der Waals surface area (Å²) in [6, 6.07) is 1.95. The molecule has 3 atom stereocenters. The Bertz CT molecular complexity index is 459. The lowest BCUT2D eigenvalue weighted by Crippen LogP contribution is -2.29. The molecule has 0 bridgehead atoms. The maximum atomic E-state index is 5.80. The third-order valence-corrected chi connectivity index (χ3v) is 6.67. The van der Waals surface area contributed by atoms with Crippen LogP contribution in [-0.2, 0) is 4.18 Å². The van der Waals surface area contributed by atoms with Crippen molar-refractivity contribution in [1.29, 1.82) is 0 Å². The van der Waals surface area contributed by atoms with Gasteiger partial charge in [-0.05, 0) is 54.4 Å². The Labute approximate surface area is 110 Å². The van der Waals surface area contributed by atoms with E-state index < -0.39 is 10.3 Å². The van der Waals surface area contributed by atoms with E-state index in [0.717, 1.165) is 40.8 Å². The van der Waals surface area contributed by atoms with Gasteiger partial charge in [-0.1, -0.05) is 6.08 Å². The molecule has 98 valence electrons. The minimum absolute atomic E-state index is 0.796. The van der Waals surface area contributed by atoms with Crippen molar-refractivity contribution in [3.8, 4) is 0 Å². The molecule has 0 radical (unpaired) electrons. The third-order valence-electron chi connectivity index (χ3n) is 4.04. The van der Waals surface area contributed by atoms with E-state index in [-0.39, 0.29) is 0 Å². The summed E-state index contributed by atoms with van der Waals surface area (Å²) in [5.74, 6) is 3.65. The van der Waals surface area contributed by atoms with E-state index in [1.54, 1.807) is 0 Å². The van der Waals surface area contributed by atoms with Crippen LogP contribution in [-0.4, -0.2) is 21.7 Å². The highest BCUT2D eigenvalue weighted by molar-refractivity contribution is 8.34. The molecule has 1 aliphatic carbocycles. The van der Waals surface area contributed by atoms with Gasteiger partial charge in [-0.25, -0.2) is 9.97 Å². The lowest BCUT2D eigenvalue weighted by molar-refractivity contribution is 0.203. The Morgan fingerprint density at radius 2 is 2.28 bits per heavy atom. The fourth-order valence-electron chi connectivity index (χ4n) is 2.67. The molecule has 0 spiro atoms. The van der Waals surface area contributed by atoms with Gasteiger partial charge in [0.05, 0.1) is 0 Å². The average Bonchev–Trinajstić information content (AvgIpc) is 3.13. The molecule has 4 heteroatoms. The highest BCUT2D eigenvalue weighted by atomic mass is 32.3. The lowest BCUT2D eigenvalue weighted by atomic mass is 9.73. The van der Waals surface area contributed by atoms with Crippen molar-refractivity contribution in [1.82, 2.24) is 9.97 Å². The Morgan fingerprint density at radius 3 is 2.83 bits per heavy atom. The predicted molar refractivity (Wildman–Crippen MR) is 74.5 cm³/mol. The number of hydrogen-bond acceptors (Lipinski definition) is 3. The van der Waals surface area contributed by atoms with E-state index >= 15 is 0 Å². The molecule has 2 heterocycles. The fourth-order valence-corrected chi connectivity index (χ4v) is 5.38. The molecule has 1 aromatic rings. The number of aromatic nitrogens is 2. The first-order valence-corrected chi connectivity index (χ1v) is 8.47. The molecule has 3 nitrogen and oxygen atoms in total. The molecular formula is C14H20N2OS. The van der Waals surface area contributed by atoms with Crippen LogP contribution in [0.25, 0.3) is 0 Å². The van der Waals surface area contributed by atoms with Crippen molar-refractivity contribution < 1.29 is 4.18 Å². The molecule has 1 saturated carbocycles. The largest absolute Gasteiger partial charge is 0.316 e. The SMILES string of the molecule is C=CCC1CCC1CS1(c2nccc(C)n2)CO1. The smallest absolute Gasteiger partial charge is 0.195 e. The van der Waals surface area contributed by atoms with Crippen LogP contribution in [0.1, 0.15) is 25.0 Å². The molecular weight excluding hydrogens is 244 g/mol. The summed E-state index contributed by atoms with van der Waals surface area (Å²) in [5.41, 5.74) is 1.04. The zero-order valence-corrected chi connectivity index (χ0v) is 11.7. The molecule has 2 fully saturated rings. The van der Waals surface area contributed by atoms with Crippen molar-refractivity contribution in [3.63, 3.8) is 0 Å². The van der Waals surface area contributed by atoms with Gasteiger partial charge in [-0.15, -0.1) is 6.58 Å². The van der Waals surface area contributed by atoms with Crippen molar-refractivity contribution in [2.45, 2.75) is 31.3 Å². The fraction of sp³-hybridized carbons (Fsp3) is 0.571. The van der Waals surface area contributed by atoms with Gasteiger partial charge in [0.25, 0.3) is 0 Å². The van der Waals surface area contributed by atoms with Crippen LogP contribution >= 0.6 is 10.3 Å². The van der Waals surface area contributed by atoms with E-state index in [9.17, 15) is 0 Å². The third kappa shape index (κ3) is 2.19. The van der Waals surface area contributed by atoms with Crippen LogP contribution in [0.5, 0.6) is 0 Å². The van der Waals surface area contributed by atoms with Gasteiger partial charge in [0.1, 0.15) is 5.94 Å². The summed E-state index contributed by atoms with van der Waals surface area (Å²) in [7, 11) is -1.10. The van der Waals surface area contributed by atoms with Crippen molar-refractivity contribution >= 4 is 10.3 Å². The second-order valence-corrected chi connectivity index (χ2v) is 8.11. The maximum absolute atomic E-state index is 5.80. The van der Waals surface area contributed by atoms with Gasteiger partial charge < -0.3 is 4.18 Å². The van der Waals surface area contributed by atoms with E-state index in [0.29, 0.717) is 0 Å². The molecule has 18 heavy (non-hydrogen) atoms. The zero-order chi connectivity index (χ0) is 12.6. The van der Waals surface area contributed by atoms with Crippen LogP contribution in [0.2, 0.25) is 0 Å². The van der Waals surface area contributed by atoms with Crippen LogP contribution in [0.15, 0.2) is 30.1 Å². The summed E-state index contributed by atoms with van der Waals surface area (Å²) >= 11 is 0. The van der Waals surface area contributed by atoms with Gasteiger partial charge >= 0.3 is 0 Å². The van der Waals surface area contributed by atoms with Gasteiger partial charge in [-0.3, -0.25) is 0 Å². The summed E-state index contributed by atoms with van der Waals surface area (Å²) in [4.78, 5) is 9.01.